The van der Waals surface area contributed by atoms with Gasteiger partial charge in [0.25, 0.3) is 0 Å². The van der Waals surface area contributed by atoms with Crippen LogP contribution in [-0.4, -0.2) is 43.5 Å². The molecule has 5 nitrogen and oxygen atoms in total. The van der Waals surface area contributed by atoms with Gasteiger partial charge in [-0.1, -0.05) is 0 Å². The summed E-state index contributed by atoms with van der Waals surface area (Å²) in [4.78, 5) is 18.1. The summed E-state index contributed by atoms with van der Waals surface area (Å²) in [6, 6.07) is 8.82. The lowest BCUT2D eigenvalue weighted by atomic mass is 9.96. The Morgan fingerprint density at radius 3 is 2.57 bits per heavy atom. The Morgan fingerprint density at radius 2 is 1.86 bits per heavy atom. The number of aryl methyl sites for hydroxylation is 1. The van der Waals surface area contributed by atoms with Crippen LogP contribution < -0.4 is 10.2 Å². The van der Waals surface area contributed by atoms with E-state index in [2.05, 4.69) is 21.2 Å². The average Bonchev–Trinajstić information content (AvgIpc) is 3.06. The molecular formula is C21H23FN4OS. The first-order chi connectivity index (χ1) is 13.6. The van der Waals surface area contributed by atoms with Crippen LogP contribution in [0.15, 0.2) is 24.3 Å². The monoisotopic (exact) mass is 398 g/mol. The zero-order chi connectivity index (χ0) is 19.5. The second-order valence-electron chi connectivity index (χ2n) is 7.31. The van der Waals surface area contributed by atoms with E-state index >= 15 is 0 Å². The number of carbonyl (C=O) groups excluding carboxylic acids is 1. The highest BCUT2D eigenvalue weighted by atomic mass is 32.1. The molecule has 2 heterocycles. The minimum atomic E-state index is -0.231. The second kappa shape index (κ2) is 8.29. The number of piperazine rings is 1. The number of anilines is 2. The molecule has 1 aromatic heterocycles. The highest BCUT2D eigenvalue weighted by Gasteiger charge is 2.23. The van der Waals surface area contributed by atoms with Crippen molar-refractivity contribution in [2.24, 2.45) is 0 Å². The number of nitrogens with zero attached hydrogens (tertiary/aromatic N) is 3. The lowest BCUT2D eigenvalue weighted by molar-refractivity contribution is -0.117. The van der Waals surface area contributed by atoms with E-state index in [4.69, 9.17) is 0 Å². The van der Waals surface area contributed by atoms with Crippen molar-refractivity contribution in [1.82, 2.24) is 4.90 Å². The van der Waals surface area contributed by atoms with Crippen molar-refractivity contribution < 1.29 is 9.18 Å². The summed E-state index contributed by atoms with van der Waals surface area (Å²) in [7, 11) is 0. The third-order valence-corrected chi connectivity index (χ3v) is 6.67. The van der Waals surface area contributed by atoms with Gasteiger partial charge < -0.3 is 10.2 Å². The normalized spacial score (nSPS) is 17.1. The highest BCUT2D eigenvalue weighted by molar-refractivity contribution is 7.16. The maximum absolute atomic E-state index is 13.1. The van der Waals surface area contributed by atoms with Gasteiger partial charge in [-0.25, -0.2) is 4.39 Å². The van der Waals surface area contributed by atoms with Crippen LogP contribution in [0.25, 0.3) is 0 Å². The summed E-state index contributed by atoms with van der Waals surface area (Å²) in [6.45, 7) is 3.48. The van der Waals surface area contributed by atoms with Crippen molar-refractivity contribution in [3.8, 4) is 6.07 Å². The molecule has 0 unspecified atom stereocenters. The third-order valence-electron chi connectivity index (χ3n) is 5.47. The van der Waals surface area contributed by atoms with Gasteiger partial charge in [0.05, 0.1) is 12.1 Å². The molecule has 1 N–H and O–H groups in total. The topological polar surface area (TPSA) is 59.4 Å². The van der Waals surface area contributed by atoms with Crippen LogP contribution in [0.2, 0.25) is 0 Å². The summed E-state index contributed by atoms with van der Waals surface area (Å²) >= 11 is 1.56. The quantitative estimate of drug-likeness (QED) is 0.858. The molecule has 1 saturated heterocycles. The molecule has 0 radical (unpaired) electrons. The minimum absolute atomic E-state index is 0.0645. The van der Waals surface area contributed by atoms with Crippen LogP contribution in [0.1, 0.15) is 28.8 Å². The number of hydrogen-bond donors (Lipinski definition) is 1. The molecule has 2 aliphatic rings. The smallest absolute Gasteiger partial charge is 0.239 e. The summed E-state index contributed by atoms with van der Waals surface area (Å²) in [6.07, 6.45) is 4.22. The number of benzene rings is 1. The van der Waals surface area contributed by atoms with Crippen molar-refractivity contribution in [1.29, 1.82) is 5.26 Å². The Morgan fingerprint density at radius 1 is 1.14 bits per heavy atom. The molecule has 1 aliphatic heterocycles. The van der Waals surface area contributed by atoms with Crippen molar-refractivity contribution in [3.05, 3.63) is 46.1 Å². The van der Waals surface area contributed by atoms with E-state index in [1.807, 2.05) is 0 Å². The zero-order valence-corrected chi connectivity index (χ0v) is 16.5. The molecule has 0 bridgehead atoms. The van der Waals surface area contributed by atoms with Crippen LogP contribution in [-0.2, 0) is 17.6 Å². The fourth-order valence-electron chi connectivity index (χ4n) is 3.96. The van der Waals surface area contributed by atoms with E-state index in [0.29, 0.717) is 17.1 Å². The number of halogens is 1. The summed E-state index contributed by atoms with van der Waals surface area (Å²) in [5.41, 5.74) is 2.81. The van der Waals surface area contributed by atoms with Crippen LogP contribution in [0, 0.1) is 17.1 Å². The Bertz CT molecular complexity index is 894. The van der Waals surface area contributed by atoms with Crippen molar-refractivity contribution in [2.75, 3.05) is 42.9 Å². The zero-order valence-electron chi connectivity index (χ0n) is 15.7. The molecule has 1 aliphatic carbocycles. The number of rotatable bonds is 4. The van der Waals surface area contributed by atoms with Crippen molar-refractivity contribution in [2.45, 2.75) is 25.7 Å². The molecule has 0 saturated carbocycles. The van der Waals surface area contributed by atoms with Crippen LogP contribution in [0.4, 0.5) is 15.1 Å². The molecule has 0 atom stereocenters. The van der Waals surface area contributed by atoms with Gasteiger partial charge in [-0.15, -0.1) is 11.3 Å². The van der Waals surface area contributed by atoms with E-state index < -0.39 is 0 Å². The fraction of sp³-hybridized carbons (Fsp3) is 0.429. The second-order valence-corrected chi connectivity index (χ2v) is 8.42. The highest BCUT2D eigenvalue weighted by Crippen LogP contribution is 2.37. The summed E-state index contributed by atoms with van der Waals surface area (Å²) in [5.74, 6) is -0.295. The Labute approximate surface area is 168 Å². The van der Waals surface area contributed by atoms with E-state index in [0.717, 1.165) is 63.1 Å². The molecule has 4 rings (SSSR count). The molecule has 1 aromatic carbocycles. The van der Waals surface area contributed by atoms with Crippen molar-refractivity contribution >= 4 is 27.9 Å². The number of thiophene rings is 1. The van der Waals surface area contributed by atoms with E-state index in [1.54, 1.807) is 23.5 Å². The van der Waals surface area contributed by atoms with Gasteiger partial charge in [-0.2, -0.15) is 5.26 Å². The number of nitrogens with one attached hydrogen (secondary N) is 1. The van der Waals surface area contributed by atoms with Gasteiger partial charge >= 0.3 is 0 Å². The predicted octanol–water partition coefficient (Wildman–Crippen LogP) is 3.40. The molecule has 2 aromatic rings. The minimum Gasteiger partial charge on any atom is -0.369 e. The maximum atomic E-state index is 13.1. The van der Waals surface area contributed by atoms with Gasteiger partial charge in [0.1, 0.15) is 16.9 Å². The van der Waals surface area contributed by atoms with Gasteiger partial charge in [0.15, 0.2) is 0 Å². The lowest BCUT2D eigenvalue weighted by Gasteiger charge is -2.35. The lowest BCUT2D eigenvalue weighted by Crippen LogP contribution is -2.48. The Hall–Kier alpha value is -2.43. The number of nitriles is 1. The maximum Gasteiger partial charge on any atom is 0.239 e. The SMILES string of the molecule is N#Cc1c(NC(=O)CN2CCN(c3ccc(F)cc3)CC2)sc2c1CCCC2. The molecule has 1 amide bonds. The summed E-state index contributed by atoms with van der Waals surface area (Å²) < 4.78 is 13.1. The summed E-state index contributed by atoms with van der Waals surface area (Å²) in [5, 5.41) is 13.2. The van der Waals surface area contributed by atoms with Gasteiger partial charge in [0, 0.05) is 36.7 Å². The standard InChI is InChI=1S/C21H23FN4OS/c22-15-5-7-16(8-6-15)26-11-9-25(10-12-26)14-20(27)24-21-18(13-23)17-3-1-2-4-19(17)28-21/h5-8H,1-4,9-12,14H2,(H,24,27). The van der Waals surface area contributed by atoms with Gasteiger partial charge in [-0.3, -0.25) is 9.69 Å². The number of hydrogen-bond acceptors (Lipinski definition) is 5. The van der Waals surface area contributed by atoms with E-state index in [9.17, 15) is 14.4 Å². The predicted molar refractivity (Wildman–Crippen MR) is 109 cm³/mol. The molecular weight excluding hydrogens is 375 g/mol. The molecule has 7 heteroatoms. The van der Waals surface area contributed by atoms with Crippen LogP contribution >= 0.6 is 11.3 Å². The number of amides is 1. The van der Waals surface area contributed by atoms with Crippen molar-refractivity contribution in [3.63, 3.8) is 0 Å². The molecule has 28 heavy (non-hydrogen) atoms. The average molecular weight is 399 g/mol. The van der Waals surface area contributed by atoms with Gasteiger partial charge in [-0.05, 0) is 55.5 Å². The van der Waals surface area contributed by atoms with Gasteiger partial charge in [0.2, 0.25) is 5.91 Å². The molecule has 146 valence electrons. The first-order valence-corrected chi connectivity index (χ1v) is 10.5. The molecule has 0 spiro atoms. The largest absolute Gasteiger partial charge is 0.369 e. The van der Waals surface area contributed by atoms with E-state index in [-0.39, 0.29) is 11.7 Å². The van der Waals surface area contributed by atoms with E-state index in [1.165, 1.54) is 17.0 Å². The third kappa shape index (κ3) is 4.03. The fourth-order valence-corrected chi connectivity index (χ4v) is 5.21. The first kappa shape index (κ1) is 18.9. The Balaban J connectivity index is 1.32. The molecule has 1 fully saturated rings. The first-order valence-electron chi connectivity index (χ1n) is 9.71. The Kier molecular flexibility index (Phi) is 5.60. The van der Waals surface area contributed by atoms with Crippen LogP contribution in [0.5, 0.6) is 0 Å². The number of fused-ring (bicyclic) bond motifs is 1. The van der Waals surface area contributed by atoms with Crippen LogP contribution in [0.3, 0.4) is 0 Å². The number of carbonyl (C=O) groups is 1.